The normalized spacial score (nSPS) is 12.3. The van der Waals surface area contributed by atoms with Gasteiger partial charge in [-0.3, -0.25) is 14.4 Å². The van der Waals surface area contributed by atoms with E-state index in [1.807, 2.05) is 0 Å². The summed E-state index contributed by atoms with van der Waals surface area (Å²) >= 11 is 0. The van der Waals surface area contributed by atoms with Crippen molar-refractivity contribution >= 4 is 17.9 Å². The Morgan fingerprint density at radius 3 is 0.805 bits per heavy atom. The molecular formula is C71H130O6. The molecule has 0 rings (SSSR count). The van der Waals surface area contributed by atoms with Crippen molar-refractivity contribution in [2.24, 2.45) is 0 Å². The molecule has 0 heterocycles. The molecule has 6 heteroatoms. The quantitative estimate of drug-likeness (QED) is 0.0261. The molecule has 0 aromatic carbocycles. The van der Waals surface area contributed by atoms with Crippen molar-refractivity contribution in [1.82, 2.24) is 0 Å². The van der Waals surface area contributed by atoms with E-state index in [2.05, 4.69) is 69.4 Å². The SMILES string of the molecule is CC/C=C\C/C=C\C/C=C\CCCCCCCCCC(=O)OC(COC(=O)CCCCCCC/C=C\CCCCCCC)COC(=O)CCCCCCCCCCCCCCCCCCCCCCCCCCCCCC. The van der Waals surface area contributed by atoms with Gasteiger partial charge in [-0.2, -0.15) is 0 Å². The number of ether oxygens (including phenoxy) is 3. The average Bonchev–Trinajstić information content (AvgIpc) is 3.43. The summed E-state index contributed by atoms with van der Waals surface area (Å²) in [5.41, 5.74) is 0. The molecule has 77 heavy (non-hydrogen) atoms. The highest BCUT2D eigenvalue weighted by Crippen LogP contribution is 2.18. The lowest BCUT2D eigenvalue weighted by molar-refractivity contribution is -0.167. The average molecular weight is 1080 g/mol. The number of carbonyl (C=O) groups is 3. The van der Waals surface area contributed by atoms with Crippen molar-refractivity contribution in [2.45, 2.75) is 374 Å². The predicted octanol–water partition coefficient (Wildman–Crippen LogP) is 23.3. The molecule has 1 unspecified atom stereocenters. The first-order valence-electron chi connectivity index (χ1n) is 34.1. The summed E-state index contributed by atoms with van der Waals surface area (Å²) in [5, 5.41) is 0. The van der Waals surface area contributed by atoms with E-state index in [4.69, 9.17) is 14.2 Å². The van der Waals surface area contributed by atoms with Crippen LogP contribution in [0.3, 0.4) is 0 Å². The van der Waals surface area contributed by atoms with E-state index in [0.29, 0.717) is 19.3 Å². The van der Waals surface area contributed by atoms with Crippen molar-refractivity contribution < 1.29 is 28.6 Å². The first-order chi connectivity index (χ1) is 38.0. The molecule has 6 nitrogen and oxygen atoms in total. The summed E-state index contributed by atoms with van der Waals surface area (Å²) in [7, 11) is 0. The minimum atomic E-state index is -0.781. The molecule has 0 aliphatic rings. The van der Waals surface area contributed by atoms with Crippen LogP contribution in [0.2, 0.25) is 0 Å². The van der Waals surface area contributed by atoms with Crippen LogP contribution in [0.1, 0.15) is 367 Å². The Bertz CT molecular complexity index is 1330. The Balaban J connectivity index is 4.21. The monoisotopic (exact) mass is 1080 g/mol. The lowest BCUT2D eigenvalue weighted by Gasteiger charge is -2.18. The molecular weight excluding hydrogens is 949 g/mol. The van der Waals surface area contributed by atoms with Crippen LogP contribution in [0, 0.1) is 0 Å². The minimum Gasteiger partial charge on any atom is -0.462 e. The second kappa shape index (κ2) is 65.9. The Morgan fingerprint density at radius 2 is 0.506 bits per heavy atom. The highest BCUT2D eigenvalue weighted by Gasteiger charge is 2.19. The molecule has 1 atom stereocenters. The van der Waals surface area contributed by atoms with E-state index in [9.17, 15) is 14.4 Å². The smallest absolute Gasteiger partial charge is 0.306 e. The first kappa shape index (κ1) is 74.4. The zero-order valence-electron chi connectivity index (χ0n) is 51.7. The molecule has 0 N–H and O–H groups in total. The van der Waals surface area contributed by atoms with Crippen LogP contribution >= 0.6 is 0 Å². The molecule has 0 amide bonds. The second-order valence-electron chi connectivity index (χ2n) is 23.1. The van der Waals surface area contributed by atoms with Gasteiger partial charge in [0, 0.05) is 19.3 Å². The third kappa shape index (κ3) is 64.1. The van der Waals surface area contributed by atoms with Crippen LogP contribution in [0.25, 0.3) is 0 Å². The molecule has 0 aliphatic carbocycles. The lowest BCUT2D eigenvalue weighted by atomic mass is 10.0. The Labute approximate surface area is 479 Å². The van der Waals surface area contributed by atoms with Gasteiger partial charge >= 0.3 is 17.9 Å². The molecule has 0 aromatic rings. The molecule has 450 valence electrons. The summed E-state index contributed by atoms with van der Waals surface area (Å²) in [6.45, 7) is 6.57. The van der Waals surface area contributed by atoms with Gasteiger partial charge in [0.1, 0.15) is 13.2 Å². The van der Waals surface area contributed by atoms with E-state index in [1.54, 1.807) is 0 Å². The third-order valence-corrected chi connectivity index (χ3v) is 15.3. The fourth-order valence-corrected chi connectivity index (χ4v) is 10.2. The van der Waals surface area contributed by atoms with E-state index in [0.717, 1.165) is 89.9 Å². The van der Waals surface area contributed by atoms with Crippen molar-refractivity contribution in [2.75, 3.05) is 13.2 Å². The Morgan fingerprint density at radius 1 is 0.273 bits per heavy atom. The van der Waals surface area contributed by atoms with Crippen LogP contribution in [0.15, 0.2) is 48.6 Å². The number of rotatable bonds is 63. The van der Waals surface area contributed by atoms with Gasteiger partial charge in [0.05, 0.1) is 0 Å². The second-order valence-corrected chi connectivity index (χ2v) is 23.1. The summed E-state index contributed by atoms with van der Waals surface area (Å²) < 4.78 is 16.9. The van der Waals surface area contributed by atoms with Gasteiger partial charge in [-0.25, -0.2) is 0 Å². The summed E-state index contributed by atoms with van der Waals surface area (Å²) in [6.07, 6.45) is 82.9. The zero-order valence-corrected chi connectivity index (χ0v) is 51.7. The maximum atomic E-state index is 12.9. The molecule has 0 saturated heterocycles. The van der Waals surface area contributed by atoms with Gasteiger partial charge < -0.3 is 14.2 Å². The zero-order chi connectivity index (χ0) is 55.7. The molecule has 0 spiro atoms. The van der Waals surface area contributed by atoms with Crippen LogP contribution in [0.5, 0.6) is 0 Å². The summed E-state index contributed by atoms with van der Waals surface area (Å²) in [6, 6.07) is 0. The third-order valence-electron chi connectivity index (χ3n) is 15.3. The number of esters is 3. The molecule has 0 saturated carbocycles. The van der Waals surface area contributed by atoms with Crippen LogP contribution in [-0.4, -0.2) is 37.2 Å². The highest BCUT2D eigenvalue weighted by molar-refractivity contribution is 5.71. The summed E-state index contributed by atoms with van der Waals surface area (Å²) in [4.78, 5) is 38.3. The fourth-order valence-electron chi connectivity index (χ4n) is 10.2. The van der Waals surface area contributed by atoms with Crippen LogP contribution < -0.4 is 0 Å². The van der Waals surface area contributed by atoms with Crippen molar-refractivity contribution in [3.63, 3.8) is 0 Å². The molecule has 0 fully saturated rings. The van der Waals surface area contributed by atoms with Gasteiger partial charge in [0.15, 0.2) is 6.10 Å². The Hall–Kier alpha value is -2.63. The van der Waals surface area contributed by atoms with E-state index >= 15 is 0 Å². The highest BCUT2D eigenvalue weighted by atomic mass is 16.6. The molecule has 0 aromatic heterocycles. The van der Waals surface area contributed by atoms with Gasteiger partial charge in [0.2, 0.25) is 0 Å². The van der Waals surface area contributed by atoms with Gasteiger partial charge in [-0.15, -0.1) is 0 Å². The topological polar surface area (TPSA) is 78.9 Å². The molecule has 0 radical (unpaired) electrons. The first-order valence-corrected chi connectivity index (χ1v) is 34.1. The van der Waals surface area contributed by atoms with Crippen molar-refractivity contribution in [1.29, 1.82) is 0 Å². The van der Waals surface area contributed by atoms with E-state index < -0.39 is 6.10 Å². The molecule has 0 aliphatic heterocycles. The predicted molar refractivity (Wildman–Crippen MR) is 335 cm³/mol. The van der Waals surface area contributed by atoms with Crippen LogP contribution in [0.4, 0.5) is 0 Å². The fraction of sp³-hybridized carbons (Fsp3) is 0.845. The standard InChI is InChI=1S/C71H130O6/c1-4-7-10-13-16-19-22-25-28-30-31-32-33-34-35-36-37-38-39-40-42-43-46-49-52-55-58-61-64-70(73)76-67-68(66-75-69(72)63-60-57-54-51-48-45-27-24-21-18-15-12-9-6-3)77-71(74)65-62-59-56-53-50-47-44-41-29-26-23-20-17-14-11-8-5-2/h8,11,17,20,24,26-27,29,68H,4-7,9-10,12-16,18-19,21-23,25,28,30-67H2,1-3H3/b11-8-,20-17-,27-24-,29-26-. The number of hydrogen-bond acceptors (Lipinski definition) is 6. The van der Waals surface area contributed by atoms with Crippen molar-refractivity contribution in [3.8, 4) is 0 Å². The maximum Gasteiger partial charge on any atom is 0.306 e. The lowest BCUT2D eigenvalue weighted by Crippen LogP contribution is -2.30. The number of allylic oxidation sites excluding steroid dienone is 8. The number of unbranched alkanes of at least 4 members (excludes halogenated alkanes) is 44. The van der Waals surface area contributed by atoms with Gasteiger partial charge in [0.25, 0.3) is 0 Å². The van der Waals surface area contributed by atoms with E-state index in [1.165, 1.54) is 238 Å². The van der Waals surface area contributed by atoms with Gasteiger partial charge in [-0.1, -0.05) is 320 Å². The van der Waals surface area contributed by atoms with Gasteiger partial charge in [-0.05, 0) is 77.0 Å². The largest absolute Gasteiger partial charge is 0.462 e. The number of hydrogen-bond donors (Lipinski definition) is 0. The number of carbonyl (C=O) groups excluding carboxylic acids is 3. The van der Waals surface area contributed by atoms with E-state index in [-0.39, 0.29) is 31.1 Å². The summed E-state index contributed by atoms with van der Waals surface area (Å²) in [5.74, 6) is -0.873. The Kier molecular flexibility index (Phi) is 63.6. The van der Waals surface area contributed by atoms with Crippen LogP contribution in [-0.2, 0) is 28.6 Å². The maximum absolute atomic E-state index is 12.9. The van der Waals surface area contributed by atoms with Crippen molar-refractivity contribution in [3.05, 3.63) is 48.6 Å². The molecule has 0 bridgehead atoms. The minimum absolute atomic E-state index is 0.0762.